The van der Waals surface area contributed by atoms with Crippen LogP contribution in [0, 0.1) is 17.0 Å². The van der Waals surface area contributed by atoms with Crippen LogP contribution >= 0.6 is 11.3 Å². The molecule has 0 fully saturated rings. The smallest absolute Gasteiger partial charge is 0.270 e. The number of nitrogens with one attached hydrogen (secondary N) is 1. The number of aromatic nitrogens is 2. The zero-order valence-corrected chi connectivity index (χ0v) is 12.9. The van der Waals surface area contributed by atoms with Crippen molar-refractivity contribution in [2.45, 2.75) is 19.9 Å². The third-order valence-electron chi connectivity index (χ3n) is 3.26. The Morgan fingerprint density at radius 1 is 1.32 bits per heavy atom. The molecule has 1 aromatic carbocycles. The average molecular weight is 314 g/mol. The summed E-state index contributed by atoms with van der Waals surface area (Å²) in [5.74, 6) is 0.724. The number of benzene rings is 1. The average Bonchev–Trinajstić information content (AvgIpc) is 2.93. The van der Waals surface area contributed by atoms with E-state index in [0.717, 1.165) is 21.7 Å². The van der Waals surface area contributed by atoms with Gasteiger partial charge in [0.15, 0.2) is 0 Å². The minimum atomic E-state index is -0.404. The lowest BCUT2D eigenvalue weighted by Gasteiger charge is -2.12. The molecule has 0 amide bonds. The van der Waals surface area contributed by atoms with E-state index in [1.807, 2.05) is 32.2 Å². The molecule has 6 nitrogen and oxygen atoms in total. The van der Waals surface area contributed by atoms with Gasteiger partial charge in [-0.25, -0.2) is 9.97 Å². The summed E-state index contributed by atoms with van der Waals surface area (Å²) in [7, 11) is 0. The fourth-order valence-electron chi connectivity index (χ4n) is 2.16. The number of nitrogens with zero attached hydrogens (tertiary/aromatic N) is 3. The standard InChI is InChI=1S/C15H14N4O2S/c1-9-8-16-15(22-9)10(2)17-14-6-3-11-7-12(19(20)21)4-5-13(11)18-14/h3-8,10H,1-2H3,(H,17,18). The van der Waals surface area contributed by atoms with Crippen LogP contribution in [0.2, 0.25) is 0 Å². The SMILES string of the molecule is Cc1cnc(C(C)Nc2ccc3cc([N+](=O)[O-])ccc3n2)s1. The predicted molar refractivity (Wildman–Crippen MR) is 87.3 cm³/mol. The molecule has 1 atom stereocenters. The molecule has 0 aliphatic carbocycles. The van der Waals surface area contributed by atoms with Crippen LogP contribution in [0.5, 0.6) is 0 Å². The number of pyridine rings is 1. The number of hydrogen-bond donors (Lipinski definition) is 1. The van der Waals surface area contributed by atoms with Crippen LogP contribution < -0.4 is 5.32 Å². The minimum Gasteiger partial charge on any atom is -0.361 e. The molecule has 1 unspecified atom stereocenters. The van der Waals surface area contributed by atoms with Crippen LogP contribution in [-0.4, -0.2) is 14.9 Å². The first kappa shape index (κ1) is 14.4. The first-order valence-corrected chi connectivity index (χ1v) is 7.58. The Morgan fingerprint density at radius 2 is 2.14 bits per heavy atom. The van der Waals surface area contributed by atoms with Crippen LogP contribution in [0.3, 0.4) is 0 Å². The Bertz CT molecular complexity index is 846. The van der Waals surface area contributed by atoms with Crippen LogP contribution in [0.15, 0.2) is 36.5 Å². The molecule has 0 aliphatic heterocycles. The highest BCUT2D eigenvalue weighted by Gasteiger charge is 2.11. The zero-order valence-electron chi connectivity index (χ0n) is 12.1. The van der Waals surface area contributed by atoms with E-state index < -0.39 is 4.92 Å². The monoisotopic (exact) mass is 314 g/mol. The van der Waals surface area contributed by atoms with Gasteiger partial charge in [0.25, 0.3) is 5.69 Å². The summed E-state index contributed by atoms with van der Waals surface area (Å²) in [6, 6.07) is 8.37. The predicted octanol–water partition coefficient (Wildman–Crippen LogP) is 4.08. The molecule has 3 aromatic rings. The molecule has 2 heterocycles. The summed E-state index contributed by atoms with van der Waals surface area (Å²) in [6.45, 7) is 4.05. The number of nitro groups is 1. The van der Waals surface area contributed by atoms with Crippen molar-refractivity contribution in [3.63, 3.8) is 0 Å². The number of aryl methyl sites for hydroxylation is 1. The van der Waals surface area contributed by atoms with Crippen LogP contribution in [0.25, 0.3) is 10.9 Å². The van der Waals surface area contributed by atoms with Crippen LogP contribution in [-0.2, 0) is 0 Å². The molecule has 1 N–H and O–H groups in total. The van der Waals surface area contributed by atoms with E-state index >= 15 is 0 Å². The maximum Gasteiger partial charge on any atom is 0.270 e. The summed E-state index contributed by atoms with van der Waals surface area (Å²) in [5.41, 5.74) is 0.791. The highest BCUT2D eigenvalue weighted by molar-refractivity contribution is 7.11. The van der Waals surface area contributed by atoms with E-state index in [2.05, 4.69) is 15.3 Å². The van der Waals surface area contributed by atoms with Crippen molar-refractivity contribution < 1.29 is 4.92 Å². The number of nitro benzene ring substituents is 1. The molecule has 0 saturated heterocycles. The zero-order chi connectivity index (χ0) is 15.7. The Labute approximate surface area is 131 Å². The first-order chi connectivity index (χ1) is 10.5. The number of non-ortho nitro benzene ring substituents is 1. The van der Waals surface area contributed by atoms with Crippen molar-refractivity contribution in [3.05, 3.63) is 56.5 Å². The first-order valence-electron chi connectivity index (χ1n) is 6.77. The van der Waals surface area contributed by atoms with Crippen molar-refractivity contribution in [2.24, 2.45) is 0 Å². The van der Waals surface area contributed by atoms with E-state index in [9.17, 15) is 10.1 Å². The molecule has 0 radical (unpaired) electrons. The second-order valence-electron chi connectivity index (χ2n) is 5.01. The van der Waals surface area contributed by atoms with Crippen molar-refractivity contribution in [2.75, 3.05) is 5.32 Å². The van der Waals surface area contributed by atoms with E-state index in [-0.39, 0.29) is 11.7 Å². The van der Waals surface area contributed by atoms with Crippen molar-refractivity contribution in [1.29, 1.82) is 0 Å². The lowest BCUT2D eigenvalue weighted by molar-refractivity contribution is -0.384. The molecule has 2 aromatic heterocycles. The molecule has 3 rings (SSSR count). The second-order valence-corrected chi connectivity index (χ2v) is 6.27. The molecule has 22 heavy (non-hydrogen) atoms. The van der Waals surface area contributed by atoms with E-state index in [4.69, 9.17) is 0 Å². The van der Waals surface area contributed by atoms with E-state index in [1.54, 1.807) is 17.4 Å². The van der Waals surface area contributed by atoms with Gasteiger partial charge in [0.05, 0.1) is 16.5 Å². The molecule has 0 spiro atoms. The normalized spacial score (nSPS) is 12.3. The van der Waals surface area contributed by atoms with Gasteiger partial charge in [-0.15, -0.1) is 11.3 Å². The Morgan fingerprint density at radius 3 is 2.82 bits per heavy atom. The van der Waals surface area contributed by atoms with Crippen molar-refractivity contribution >= 4 is 33.7 Å². The molecule has 0 saturated carbocycles. The van der Waals surface area contributed by atoms with Gasteiger partial charge >= 0.3 is 0 Å². The Kier molecular flexibility index (Phi) is 3.72. The maximum absolute atomic E-state index is 10.8. The van der Waals surface area contributed by atoms with Gasteiger partial charge in [-0.05, 0) is 32.0 Å². The van der Waals surface area contributed by atoms with Crippen molar-refractivity contribution in [1.82, 2.24) is 9.97 Å². The summed E-state index contributed by atoms with van der Waals surface area (Å²) in [5, 5.41) is 15.8. The van der Waals surface area contributed by atoms with E-state index in [0.29, 0.717) is 0 Å². The molecule has 112 valence electrons. The number of rotatable bonds is 4. The van der Waals surface area contributed by atoms with Gasteiger partial charge in [0.1, 0.15) is 10.8 Å². The van der Waals surface area contributed by atoms with Gasteiger partial charge in [-0.3, -0.25) is 10.1 Å². The Balaban J connectivity index is 1.85. The summed E-state index contributed by atoms with van der Waals surface area (Å²) in [6.07, 6.45) is 1.85. The molecule has 7 heteroatoms. The summed E-state index contributed by atoms with van der Waals surface area (Å²) < 4.78 is 0. The largest absolute Gasteiger partial charge is 0.361 e. The highest BCUT2D eigenvalue weighted by Crippen LogP contribution is 2.25. The Hall–Kier alpha value is -2.54. The molecule has 0 bridgehead atoms. The van der Waals surface area contributed by atoms with Crippen molar-refractivity contribution in [3.8, 4) is 0 Å². The van der Waals surface area contributed by atoms with Gasteiger partial charge in [-0.1, -0.05) is 0 Å². The molecular weight excluding hydrogens is 300 g/mol. The topological polar surface area (TPSA) is 81.0 Å². The number of anilines is 1. The molecule has 0 aliphatic rings. The maximum atomic E-state index is 10.8. The number of fused-ring (bicyclic) bond motifs is 1. The third kappa shape index (κ3) is 2.89. The van der Waals surface area contributed by atoms with Crippen LogP contribution in [0.1, 0.15) is 22.9 Å². The highest BCUT2D eigenvalue weighted by atomic mass is 32.1. The fourth-order valence-corrected chi connectivity index (χ4v) is 2.94. The molecular formula is C15H14N4O2S. The van der Waals surface area contributed by atoms with Gasteiger partial charge in [0, 0.05) is 28.6 Å². The quantitative estimate of drug-likeness (QED) is 0.579. The minimum absolute atomic E-state index is 0.0571. The van der Waals surface area contributed by atoms with Gasteiger partial charge < -0.3 is 5.32 Å². The summed E-state index contributed by atoms with van der Waals surface area (Å²) >= 11 is 1.65. The van der Waals surface area contributed by atoms with Gasteiger partial charge in [-0.2, -0.15) is 0 Å². The fraction of sp³-hybridized carbons (Fsp3) is 0.200. The van der Waals surface area contributed by atoms with E-state index in [1.165, 1.54) is 17.0 Å². The third-order valence-corrected chi connectivity index (χ3v) is 4.35. The van der Waals surface area contributed by atoms with Gasteiger partial charge in [0.2, 0.25) is 0 Å². The second kappa shape index (κ2) is 5.69. The summed E-state index contributed by atoms with van der Waals surface area (Å²) in [4.78, 5) is 20.4. The lowest BCUT2D eigenvalue weighted by Crippen LogP contribution is -2.07. The lowest BCUT2D eigenvalue weighted by atomic mass is 10.2. The van der Waals surface area contributed by atoms with Crippen LogP contribution in [0.4, 0.5) is 11.5 Å². The number of hydrogen-bond acceptors (Lipinski definition) is 6. The number of thiazole rings is 1.